The number of fused-ring (bicyclic) bond motifs is 2. The fourth-order valence-electron chi connectivity index (χ4n) is 8.52. The van der Waals surface area contributed by atoms with Crippen molar-refractivity contribution in [1.29, 1.82) is 0 Å². The van der Waals surface area contributed by atoms with Crippen molar-refractivity contribution in [2.45, 2.75) is 97.7 Å². The van der Waals surface area contributed by atoms with Crippen LogP contribution in [0.2, 0.25) is 0 Å². The van der Waals surface area contributed by atoms with E-state index in [1.165, 1.54) is 12.8 Å². The minimum Gasteiger partial charge on any atom is -0.361 e. The third-order valence-electron chi connectivity index (χ3n) is 10.8. The van der Waals surface area contributed by atoms with Gasteiger partial charge in [-0.25, -0.2) is 0 Å². The molecule has 170 valence electrons. The van der Waals surface area contributed by atoms with Gasteiger partial charge in [-0.15, -0.1) is 0 Å². The lowest BCUT2D eigenvalue weighted by Gasteiger charge is -2.54. The number of hydrogen-bond donors (Lipinski definition) is 0. The third-order valence-corrected chi connectivity index (χ3v) is 10.8. The van der Waals surface area contributed by atoms with Crippen molar-refractivity contribution in [2.24, 2.45) is 40.4 Å². The van der Waals surface area contributed by atoms with Gasteiger partial charge < -0.3 is 4.74 Å². The zero-order valence-electron chi connectivity index (χ0n) is 20.3. The number of hydrogen-bond acceptors (Lipinski definition) is 3. The smallest absolute Gasteiger partial charge is 0.162 e. The molecule has 2 spiro atoms. The van der Waals surface area contributed by atoms with E-state index in [0.29, 0.717) is 42.4 Å². The molecule has 4 aliphatic carbocycles. The molecule has 1 heterocycles. The average molecular weight is 425 g/mol. The van der Waals surface area contributed by atoms with Crippen LogP contribution < -0.4 is 0 Å². The van der Waals surface area contributed by atoms with Crippen molar-refractivity contribution in [3.05, 3.63) is 23.8 Å². The predicted molar refractivity (Wildman–Crippen MR) is 122 cm³/mol. The molecule has 5 rings (SSSR count). The highest BCUT2D eigenvalue weighted by Crippen LogP contribution is 2.80. The summed E-state index contributed by atoms with van der Waals surface area (Å²) in [5.41, 5.74) is 0.334. The number of carbonyl (C=O) groups excluding carboxylic acids is 2. The summed E-state index contributed by atoms with van der Waals surface area (Å²) < 4.78 is 6.88. The van der Waals surface area contributed by atoms with Gasteiger partial charge in [0.2, 0.25) is 0 Å². The van der Waals surface area contributed by atoms with E-state index in [0.717, 1.165) is 24.8 Å². The molecule has 0 amide bonds. The molecule has 0 radical (unpaired) electrons. The van der Waals surface area contributed by atoms with Crippen LogP contribution in [0.5, 0.6) is 0 Å². The fraction of sp³-hybridized carbons (Fsp3) is 0.786. The standard InChI is InChI=1S/C28H40O3/c1-17(2)18(3)7-8-19(4)21-10-14-28-26(21,6)13-11-24-25(5)12-9-20(29)15-22(25)23(30)16-27(24,28)31-28/h7-8,15,17-19,21,24H,9-14,16H2,1-6H3/t18-,19+,21+,24+,25-,26+,27-,28-/m0/s1. The summed E-state index contributed by atoms with van der Waals surface area (Å²) in [5.74, 6) is 3.07. The minimum atomic E-state index is -0.285. The van der Waals surface area contributed by atoms with E-state index in [1.54, 1.807) is 6.08 Å². The van der Waals surface area contributed by atoms with Crippen LogP contribution in [0.1, 0.15) is 86.5 Å². The SMILES string of the molecule is CC(C)[C@@H](C)C=C[C@@H](C)[C@H]1CC[C@@]23O[C@]24CC(=O)C2=CC(=O)CC[C@]2(C)[C@H]4CC[C@]13C. The summed E-state index contributed by atoms with van der Waals surface area (Å²) in [6, 6.07) is 0. The maximum absolute atomic E-state index is 13.3. The van der Waals surface area contributed by atoms with Crippen molar-refractivity contribution in [1.82, 2.24) is 0 Å². The molecule has 0 aromatic heterocycles. The Labute approximate surface area is 188 Å². The predicted octanol–water partition coefficient (Wildman–Crippen LogP) is 6.07. The molecule has 3 nitrogen and oxygen atoms in total. The Morgan fingerprint density at radius 3 is 2.48 bits per heavy atom. The monoisotopic (exact) mass is 424 g/mol. The van der Waals surface area contributed by atoms with Gasteiger partial charge in [-0.1, -0.05) is 53.7 Å². The van der Waals surface area contributed by atoms with Gasteiger partial charge in [0.25, 0.3) is 0 Å². The third kappa shape index (κ3) is 2.62. The van der Waals surface area contributed by atoms with Gasteiger partial charge in [0.15, 0.2) is 11.6 Å². The van der Waals surface area contributed by atoms with Crippen molar-refractivity contribution in [3.8, 4) is 0 Å². The average Bonchev–Trinajstić information content (AvgIpc) is 3.26. The number of ether oxygens (including phenoxy) is 1. The van der Waals surface area contributed by atoms with Crippen molar-refractivity contribution >= 4 is 11.6 Å². The minimum absolute atomic E-state index is 0.126. The molecule has 0 aromatic rings. The molecule has 0 bridgehead atoms. The van der Waals surface area contributed by atoms with E-state index >= 15 is 0 Å². The first-order valence-electron chi connectivity index (χ1n) is 12.7. The zero-order chi connectivity index (χ0) is 22.4. The number of ketones is 2. The second-order valence-corrected chi connectivity index (χ2v) is 12.4. The Morgan fingerprint density at radius 2 is 1.77 bits per heavy atom. The number of epoxide rings is 1. The van der Waals surface area contributed by atoms with Crippen molar-refractivity contribution < 1.29 is 14.3 Å². The van der Waals surface area contributed by atoms with Crippen LogP contribution in [0.3, 0.4) is 0 Å². The van der Waals surface area contributed by atoms with Crippen LogP contribution in [0.4, 0.5) is 0 Å². The van der Waals surface area contributed by atoms with Gasteiger partial charge in [-0.2, -0.15) is 0 Å². The van der Waals surface area contributed by atoms with E-state index in [-0.39, 0.29) is 33.6 Å². The van der Waals surface area contributed by atoms with Gasteiger partial charge in [0.1, 0.15) is 11.2 Å². The fourth-order valence-corrected chi connectivity index (χ4v) is 8.52. The van der Waals surface area contributed by atoms with Crippen LogP contribution in [0.25, 0.3) is 0 Å². The molecular formula is C28H40O3. The maximum atomic E-state index is 13.3. The summed E-state index contributed by atoms with van der Waals surface area (Å²) in [6.07, 6.45) is 13.0. The van der Waals surface area contributed by atoms with Gasteiger partial charge >= 0.3 is 0 Å². The summed E-state index contributed by atoms with van der Waals surface area (Å²) in [7, 11) is 0. The second-order valence-electron chi connectivity index (χ2n) is 12.4. The molecule has 5 aliphatic rings. The molecule has 3 saturated carbocycles. The molecule has 0 aromatic carbocycles. The Kier molecular flexibility index (Phi) is 4.64. The number of rotatable bonds is 4. The first-order chi connectivity index (χ1) is 14.5. The van der Waals surface area contributed by atoms with Gasteiger partial charge in [0.05, 0.1) is 0 Å². The summed E-state index contributed by atoms with van der Waals surface area (Å²) >= 11 is 0. The largest absolute Gasteiger partial charge is 0.361 e. The van der Waals surface area contributed by atoms with E-state index in [2.05, 4.69) is 53.7 Å². The number of allylic oxidation sites excluding steroid dienone is 3. The van der Waals surface area contributed by atoms with E-state index in [4.69, 9.17) is 4.74 Å². The molecule has 0 N–H and O–H groups in total. The zero-order valence-corrected chi connectivity index (χ0v) is 20.3. The van der Waals surface area contributed by atoms with Crippen molar-refractivity contribution in [2.75, 3.05) is 0 Å². The summed E-state index contributed by atoms with van der Waals surface area (Å²) in [4.78, 5) is 25.4. The number of carbonyl (C=O) groups is 2. The Morgan fingerprint density at radius 1 is 1.03 bits per heavy atom. The van der Waals surface area contributed by atoms with Gasteiger partial charge in [0, 0.05) is 35.2 Å². The van der Waals surface area contributed by atoms with E-state index in [9.17, 15) is 9.59 Å². The lowest BCUT2D eigenvalue weighted by molar-refractivity contribution is -0.127. The van der Waals surface area contributed by atoms with Crippen LogP contribution in [0, 0.1) is 40.4 Å². The van der Waals surface area contributed by atoms with Crippen LogP contribution >= 0.6 is 0 Å². The van der Waals surface area contributed by atoms with E-state index < -0.39 is 0 Å². The van der Waals surface area contributed by atoms with Crippen molar-refractivity contribution in [3.63, 3.8) is 0 Å². The molecule has 8 atom stereocenters. The highest BCUT2D eigenvalue weighted by Gasteiger charge is 2.86. The Balaban J connectivity index is 1.46. The topological polar surface area (TPSA) is 46.7 Å². The lowest BCUT2D eigenvalue weighted by Crippen LogP contribution is -2.58. The van der Waals surface area contributed by atoms with Crippen LogP contribution in [-0.4, -0.2) is 22.8 Å². The number of Topliss-reactive ketones (excluding diaryl/α,β-unsaturated/α-hetero) is 1. The highest BCUT2D eigenvalue weighted by molar-refractivity contribution is 6.06. The quantitative estimate of drug-likeness (QED) is 0.406. The van der Waals surface area contributed by atoms with E-state index in [1.807, 2.05) is 0 Å². The first-order valence-corrected chi connectivity index (χ1v) is 12.7. The molecular weight excluding hydrogens is 384 g/mol. The first kappa shape index (κ1) is 21.6. The molecule has 1 aliphatic heterocycles. The van der Waals surface area contributed by atoms with Crippen LogP contribution in [0.15, 0.2) is 23.8 Å². The normalized spacial score (nSPS) is 48.0. The lowest BCUT2D eigenvalue weighted by atomic mass is 9.46. The second kappa shape index (κ2) is 6.65. The summed E-state index contributed by atoms with van der Waals surface area (Å²) in [5, 5.41) is 0. The molecule has 0 unspecified atom stereocenters. The molecule has 4 fully saturated rings. The van der Waals surface area contributed by atoms with Gasteiger partial charge in [-0.05, 0) is 61.9 Å². The molecule has 31 heavy (non-hydrogen) atoms. The highest BCUT2D eigenvalue weighted by atomic mass is 16.6. The maximum Gasteiger partial charge on any atom is 0.162 e. The Hall–Kier alpha value is -1.22. The van der Waals surface area contributed by atoms with Gasteiger partial charge in [-0.3, -0.25) is 9.59 Å². The van der Waals surface area contributed by atoms with Crippen LogP contribution in [-0.2, 0) is 14.3 Å². The Bertz CT molecular complexity index is 883. The molecule has 1 saturated heterocycles. The summed E-state index contributed by atoms with van der Waals surface area (Å²) in [6.45, 7) is 14.0. The molecule has 3 heteroatoms.